The maximum Gasteiger partial charge on any atom is 0.260 e. The lowest BCUT2D eigenvalue weighted by molar-refractivity contribution is -0.133. The zero-order chi connectivity index (χ0) is 20.1. The van der Waals surface area contributed by atoms with Crippen LogP contribution in [0.3, 0.4) is 0 Å². The summed E-state index contributed by atoms with van der Waals surface area (Å²) in [6.07, 6.45) is 16.2. The highest BCUT2D eigenvalue weighted by molar-refractivity contribution is 6.21. The third kappa shape index (κ3) is 5.30. The van der Waals surface area contributed by atoms with E-state index in [0.29, 0.717) is 25.1 Å². The summed E-state index contributed by atoms with van der Waals surface area (Å²) in [4.78, 5) is 37.9. The first-order chi connectivity index (χ1) is 14.2. The molecule has 0 bridgehead atoms. The predicted octanol–water partition coefficient (Wildman–Crippen LogP) is 3.00. The number of fused-ring (bicyclic) bond motifs is 1. The monoisotopic (exact) mass is 396 g/mol. The van der Waals surface area contributed by atoms with E-state index in [2.05, 4.69) is 14.9 Å². The summed E-state index contributed by atoms with van der Waals surface area (Å²) in [7, 11) is 0. The Morgan fingerprint density at radius 2 is 1.83 bits per heavy atom. The first-order valence-electron chi connectivity index (χ1n) is 11.2. The number of hydrogen-bond donors (Lipinski definition) is 0. The van der Waals surface area contributed by atoms with Crippen molar-refractivity contribution in [3.05, 3.63) is 24.3 Å². The molecule has 2 amide bonds. The minimum Gasteiger partial charge on any atom is -0.340 e. The van der Waals surface area contributed by atoms with Crippen LogP contribution in [-0.4, -0.2) is 65.9 Å². The van der Waals surface area contributed by atoms with Gasteiger partial charge in [0.15, 0.2) is 0 Å². The Kier molecular flexibility index (Phi) is 6.70. The molecule has 2 fully saturated rings. The number of carbonyl (C=O) groups is 2. The van der Waals surface area contributed by atoms with Crippen LogP contribution in [0.15, 0.2) is 34.3 Å². The van der Waals surface area contributed by atoms with Crippen molar-refractivity contribution in [2.45, 2.75) is 51.4 Å². The number of hydrogen-bond acceptors (Lipinski definition) is 4. The van der Waals surface area contributed by atoms with E-state index in [1.165, 1.54) is 38.6 Å². The van der Waals surface area contributed by atoms with Crippen LogP contribution in [0, 0.1) is 11.8 Å². The fraction of sp³-hybridized carbons (Fsp3) is 0.652. The number of amidine groups is 1. The summed E-state index contributed by atoms with van der Waals surface area (Å²) in [5.41, 5.74) is 0.767. The lowest BCUT2D eigenvalue weighted by Gasteiger charge is -2.37. The molecule has 2 aliphatic heterocycles. The second-order valence-corrected chi connectivity index (χ2v) is 8.66. The first kappa shape index (κ1) is 20.2. The number of aliphatic imine (C=N–C) groups is 2. The first-order valence-corrected chi connectivity index (χ1v) is 11.2. The molecule has 1 saturated carbocycles. The standard InChI is InChI=1S/C23H32N4O2/c28-22(27-15-13-26(14-16-27)17-18-7-2-1-3-8-18)12-6-11-21-24-20-10-5-4-9-19(20)23(29)25-21/h4-5,9-10,18-19H,1-3,6-8,11-17H2. The van der Waals surface area contributed by atoms with Crippen molar-refractivity contribution in [2.24, 2.45) is 21.8 Å². The summed E-state index contributed by atoms with van der Waals surface area (Å²) < 4.78 is 0. The highest BCUT2D eigenvalue weighted by Crippen LogP contribution is 2.25. The summed E-state index contributed by atoms with van der Waals surface area (Å²) in [6, 6.07) is 0. The largest absolute Gasteiger partial charge is 0.340 e. The molecule has 4 aliphatic rings. The van der Waals surface area contributed by atoms with Crippen molar-refractivity contribution in [1.29, 1.82) is 0 Å². The van der Waals surface area contributed by atoms with Gasteiger partial charge < -0.3 is 4.90 Å². The van der Waals surface area contributed by atoms with Crippen LogP contribution in [0.1, 0.15) is 51.4 Å². The average molecular weight is 397 g/mol. The second-order valence-electron chi connectivity index (χ2n) is 8.66. The van der Waals surface area contributed by atoms with Gasteiger partial charge in [0.05, 0.1) is 5.71 Å². The quantitative estimate of drug-likeness (QED) is 0.693. The molecule has 0 aromatic heterocycles. The third-order valence-electron chi connectivity index (χ3n) is 6.52. The number of carbonyl (C=O) groups excluding carboxylic acids is 2. The van der Waals surface area contributed by atoms with Gasteiger partial charge >= 0.3 is 0 Å². The molecule has 0 aromatic rings. The smallest absolute Gasteiger partial charge is 0.260 e. The van der Waals surface area contributed by atoms with E-state index in [1.807, 2.05) is 29.2 Å². The molecule has 1 saturated heterocycles. The lowest BCUT2D eigenvalue weighted by atomic mass is 9.89. The van der Waals surface area contributed by atoms with Crippen LogP contribution in [0.2, 0.25) is 0 Å². The van der Waals surface area contributed by atoms with Crippen LogP contribution in [-0.2, 0) is 9.59 Å². The zero-order valence-corrected chi connectivity index (χ0v) is 17.3. The predicted molar refractivity (Wildman–Crippen MR) is 115 cm³/mol. The van der Waals surface area contributed by atoms with Gasteiger partial charge in [-0.2, -0.15) is 4.99 Å². The number of nitrogens with zero attached hydrogens (tertiary/aromatic N) is 4. The molecule has 0 aromatic carbocycles. The van der Waals surface area contributed by atoms with E-state index in [0.717, 1.165) is 37.8 Å². The number of piperazine rings is 1. The second kappa shape index (κ2) is 9.61. The Labute approximate surface area is 173 Å². The molecular formula is C23H32N4O2. The molecule has 156 valence electrons. The van der Waals surface area contributed by atoms with E-state index in [1.54, 1.807) is 0 Å². The summed E-state index contributed by atoms with van der Waals surface area (Å²) in [6.45, 7) is 4.88. The Morgan fingerprint density at radius 3 is 2.62 bits per heavy atom. The molecule has 2 aliphatic carbocycles. The topological polar surface area (TPSA) is 65.3 Å². The number of rotatable bonds is 6. The van der Waals surface area contributed by atoms with Gasteiger partial charge in [0.25, 0.3) is 5.91 Å². The van der Waals surface area contributed by atoms with Gasteiger partial charge in [-0.25, -0.2) is 4.99 Å². The molecule has 1 atom stereocenters. The normalized spacial score (nSPS) is 25.6. The highest BCUT2D eigenvalue weighted by atomic mass is 16.2. The minimum atomic E-state index is -0.324. The van der Waals surface area contributed by atoms with Crippen molar-refractivity contribution in [3.8, 4) is 0 Å². The van der Waals surface area contributed by atoms with Crippen molar-refractivity contribution in [2.75, 3.05) is 32.7 Å². The van der Waals surface area contributed by atoms with Crippen LogP contribution in [0.5, 0.6) is 0 Å². The van der Waals surface area contributed by atoms with Gasteiger partial charge in [-0.05, 0) is 31.3 Å². The molecular weight excluding hydrogens is 364 g/mol. The van der Waals surface area contributed by atoms with Crippen molar-refractivity contribution in [1.82, 2.24) is 9.80 Å². The Bertz CT molecular complexity index is 738. The van der Waals surface area contributed by atoms with Crippen molar-refractivity contribution >= 4 is 23.4 Å². The summed E-state index contributed by atoms with van der Waals surface area (Å²) in [5.74, 6) is 1.17. The Hall–Kier alpha value is -2.08. The van der Waals surface area contributed by atoms with E-state index < -0.39 is 0 Å². The third-order valence-corrected chi connectivity index (χ3v) is 6.52. The maximum absolute atomic E-state index is 12.6. The molecule has 6 heteroatoms. The molecule has 6 nitrogen and oxygen atoms in total. The maximum atomic E-state index is 12.6. The lowest BCUT2D eigenvalue weighted by Crippen LogP contribution is -2.49. The van der Waals surface area contributed by atoms with Crippen LogP contribution >= 0.6 is 0 Å². The minimum absolute atomic E-state index is 0.147. The fourth-order valence-corrected chi connectivity index (χ4v) is 4.80. The molecule has 0 N–H and O–H groups in total. The molecule has 2 heterocycles. The van der Waals surface area contributed by atoms with Gasteiger partial charge in [0.2, 0.25) is 5.91 Å². The van der Waals surface area contributed by atoms with Crippen LogP contribution in [0.4, 0.5) is 0 Å². The van der Waals surface area contributed by atoms with E-state index in [4.69, 9.17) is 0 Å². The highest BCUT2D eigenvalue weighted by Gasteiger charge is 2.27. The molecule has 0 radical (unpaired) electrons. The van der Waals surface area contributed by atoms with E-state index >= 15 is 0 Å². The van der Waals surface area contributed by atoms with Gasteiger partial charge in [-0.3, -0.25) is 14.5 Å². The van der Waals surface area contributed by atoms with Gasteiger partial charge in [0.1, 0.15) is 11.8 Å². The Morgan fingerprint density at radius 1 is 1.03 bits per heavy atom. The van der Waals surface area contributed by atoms with E-state index in [9.17, 15) is 9.59 Å². The van der Waals surface area contributed by atoms with Gasteiger partial charge in [0, 0.05) is 45.6 Å². The SMILES string of the molecule is O=C1N=C(CCCC(=O)N2CCN(CC3CCCCC3)CC2)N=C2C=CC=CC12. The summed E-state index contributed by atoms with van der Waals surface area (Å²) >= 11 is 0. The van der Waals surface area contributed by atoms with Gasteiger partial charge in [-0.15, -0.1) is 0 Å². The van der Waals surface area contributed by atoms with Crippen molar-refractivity contribution < 1.29 is 9.59 Å². The average Bonchev–Trinajstić information content (AvgIpc) is 2.75. The zero-order valence-electron chi connectivity index (χ0n) is 17.3. The molecule has 4 rings (SSSR count). The molecule has 1 unspecified atom stereocenters. The van der Waals surface area contributed by atoms with Crippen LogP contribution in [0.25, 0.3) is 0 Å². The number of amides is 2. The number of allylic oxidation sites excluding steroid dienone is 3. The Balaban J connectivity index is 1.17. The van der Waals surface area contributed by atoms with E-state index in [-0.39, 0.29) is 17.7 Å². The van der Waals surface area contributed by atoms with Gasteiger partial charge in [-0.1, -0.05) is 37.5 Å². The fourth-order valence-electron chi connectivity index (χ4n) is 4.80. The van der Waals surface area contributed by atoms with Crippen molar-refractivity contribution in [3.63, 3.8) is 0 Å². The molecule has 0 spiro atoms. The summed E-state index contributed by atoms with van der Waals surface area (Å²) in [5, 5.41) is 0. The van der Waals surface area contributed by atoms with Crippen LogP contribution < -0.4 is 0 Å². The molecule has 29 heavy (non-hydrogen) atoms.